The SMILES string of the molecule is CC1(C)OCC(C2OC(OCc3ccccc3)C3OC(C)(C)OC23)O1. The highest BCUT2D eigenvalue weighted by atomic mass is 16.8. The van der Waals surface area contributed by atoms with Crippen LogP contribution in [0.5, 0.6) is 0 Å². The molecule has 0 spiro atoms. The van der Waals surface area contributed by atoms with E-state index in [0.717, 1.165) is 5.56 Å². The fourth-order valence-electron chi connectivity index (χ4n) is 3.65. The van der Waals surface area contributed by atoms with Crippen LogP contribution in [0.1, 0.15) is 33.3 Å². The number of fused-ring (bicyclic) bond motifs is 1. The smallest absolute Gasteiger partial charge is 0.187 e. The summed E-state index contributed by atoms with van der Waals surface area (Å²) < 4.78 is 36.0. The molecule has 1 aromatic rings. The summed E-state index contributed by atoms with van der Waals surface area (Å²) in [5.74, 6) is -1.28. The van der Waals surface area contributed by atoms with Gasteiger partial charge in [-0.1, -0.05) is 30.3 Å². The third-order valence-corrected chi connectivity index (χ3v) is 4.70. The Morgan fingerprint density at radius 2 is 1.64 bits per heavy atom. The molecule has 5 atom stereocenters. The summed E-state index contributed by atoms with van der Waals surface area (Å²) in [6.45, 7) is 8.55. The van der Waals surface area contributed by atoms with Crippen LogP contribution in [0, 0.1) is 0 Å². The summed E-state index contributed by atoms with van der Waals surface area (Å²) >= 11 is 0. The zero-order valence-electron chi connectivity index (χ0n) is 15.1. The van der Waals surface area contributed by atoms with Gasteiger partial charge >= 0.3 is 0 Å². The molecule has 25 heavy (non-hydrogen) atoms. The Balaban J connectivity index is 1.47. The van der Waals surface area contributed by atoms with Crippen molar-refractivity contribution in [1.82, 2.24) is 0 Å². The minimum absolute atomic E-state index is 0.203. The van der Waals surface area contributed by atoms with E-state index >= 15 is 0 Å². The summed E-state index contributed by atoms with van der Waals surface area (Å²) in [6.07, 6.45) is -1.50. The van der Waals surface area contributed by atoms with Crippen molar-refractivity contribution in [1.29, 1.82) is 0 Å². The van der Waals surface area contributed by atoms with Gasteiger partial charge in [0.2, 0.25) is 0 Å². The van der Waals surface area contributed by atoms with Gasteiger partial charge in [0.1, 0.15) is 24.4 Å². The predicted molar refractivity (Wildman–Crippen MR) is 88.6 cm³/mol. The maximum absolute atomic E-state index is 6.14. The standard InChI is InChI=1S/C19H26O6/c1-18(2)21-11-13(23-18)14-15-16(25-19(3,4)24-15)17(22-14)20-10-12-8-6-5-7-9-12/h5-9,13-17H,10-11H2,1-4H3. The molecule has 0 bridgehead atoms. The molecule has 0 radical (unpaired) electrons. The third-order valence-electron chi connectivity index (χ3n) is 4.70. The molecule has 1 aromatic carbocycles. The molecular weight excluding hydrogens is 324 g/mol. The number of ether oxygens (including phenoxy) is 6. The van der Waals surface area contributed by atoms with Crippen molar-refractivity contribution in [2.24, 2.45) is 0 Å². The number of benzene rings is 1. The molecule has 0 aliphatic carbocycles. The third kappa shape index (κ3) is 3.60. The normalized spacial score (nSPS) is 38.8. The van der Waals surface area contributed by atoms with Crippen LogP contribution in [0.3, 0.4) is 0 Å². The van der Waals surface area contributed by atoms with Gasteiger partial charge < -0.3 is 28.4 Å². The van der Waals surface area contributed by atoms with Crippen LogP contribution in [0.2, 0.25) is 0 Å². The molecule has 5 unspecified atom stereocenters. The van der Waals surface area contributed by atoms with Crippen molar-refractivity contribution in [3.8, 4) is 0 Å². The van der Waals surface area contributed by atoms with Gasteiger partial charge in [-0.25, -0.2) is 0 Å². The molecule has 3 aliphatic rings. The molecule has 0 aromatic heterocycles. The molecule has 6 heteroatoms. The van der Waals surface area contributed by atoms with Crippen LogP contribution in [0.15, 0.2) is 30.3 Å². The number of hydrogen-bond acceptors (Lipinski definition) is 6. The van der Waals surface area contributed by atoms with E-state index < -0.39 is 17.9 Å². The Hall–Kier alpha value is -1.02. The van der Waals surface area contributed by atoms with Crippen molar-refractivity contribution >= 4 is 0 Å². The summed E-state index contributed by atoms with van der Waals surface area (Å²) in [5, 5.41) is 0. The second-order valence-electron chi connectivity index (χ2n) is 7.70. The van der Waals surface area contributed by atoms with Gasteiger partial charge in [0.25, 0.3) is 0 Å². The van der Waals surface area contributed by atoms with E-state index in [9.17, 15) is 0 Å². The van der Waals surface area contributed by atoms with Gasteiger partial charge in [0.15, 0.2) is 17.9 Å². The first-order chi connectivity index (χ1) is 11.8. The molecule has 4 rings (SSSR count). The molecule has 3 fully saturated rings. The molecule has 0 amide bonds. The molecule has 138 valence electrons. The Labute approximate surface area is 148 Å². The highest BCUT2D eigenvalue weighted by Crippen LogP contribution is 2.42. The van der Waals surface area contributed by atoms with E-state index in [1.165, 1.54) is 0 Å². The van der Waals surface area contributed by atoms with Gasteiger partial charge in [-0.15, -0.1) is 0 Å². The van der Waals surface area contributed by atoms with E-state index in [0.29, 0.717) is 13.2 Å². The number of hydrogen-bond donors (Lipinski definition) is 0. The Morgan fingerprint density at radius 3 is 2.32 bits per heavy atom. The maximum Gasteiger partial charge on any atom is 0.187 e. The van der Waals surface area contributed by atoms with Crippen molar-refractivity contribution in [3.05, 3.63) is 35.9 Å². The van der Waals surface area contributed by atoms with Crippen LogP contribution < -0.4 is 0 Å². The van der Waals surface area contributed by atoms with Gasteiger partial charge in [-0.3, -0.25) is 0 Å². The Kier molecular flexibility index (Phi) is 4.38. The van der Waals surface area contributed by atoms with Crippen molar-refractivity contribution in [2.75, 3.05) is 6.61 Å². The predicted octanol–water partition coefficient (Wildman–Crippen LogP) is 2.60. The number of rotatable bonds is 4. The molecule has 0 N–H and O–H groups in total. The maximum atomic E-state index is 6.14. The zero-order chi connectivity index (χ0) is 17.7. The molecule has 3 heterocycles. The van der Waals surface area contributed by atoms with Crippen molar-refractivity contribution < 1.29 is 28.4 Å². The lowest BCUT2D eigenvalue weighted by Crippen LogP contribution is -2.40. The second kappa shape index (κ2) is 6.30. The van der Waals surface area contributed by atoms with Crippen LogP contribution in [0.4, 0.5) is 0 Å². The topological polar surface area (TPSA) is 55.4 Å². The first-order valence-electron chi connectivity index (χ1n) is 8.81. The Morgan fingerprint density at radius 1 is 0.920 bits per heavy atom. The first kappa shape index (κ1) is 17.4. The van der Waals surface area contributed by atoms with Gasteiger partial charge in [0.05, 0.1) is 13.2 Å². The van der Waals surface area contributed by atoms with Crippen LogP contribution >= 0.6 is 0 Å². The largest absolute Gasteiger partial charge is 0.348 e. The molecule has 3 aliphatic heterocycles. The van der Waals surface area contributed by atoms with E-state index in [-0.39, 0.29) is 24.4 Å². The zero-order valence-corrected chi connectivity index (χ0v) is 15.1. The quantitative estimate of drug-likeness (QED) is 0.832. The lowest BCUT2D eigenvalue weighted by atomic mass is 10.1. The van der Waals surface area contributed by atoms with Crippen molar-refractivity contribution in [2.45, 2.75) is 76.6 Å². The summed E-state index contributed by atoms with van der Waals surface area (Å²) in [6, 6.07) is 10.0. The first-order valence-corrected chi connectivity index (χ1v) is 8.81. The minimum Gasteiger partial charge on any atom is -0.348 e. The van der Waals surface area contributed by atoms with Crippen LogP contribution in [-0.2, 0) is 35.0 Å². The Bertz CT molecular complexity index is 601. The molecular formula is C19H26O6. The fraction of sp³-hybridized carbons (Fsp3) is 0.684. The van der Waals surface area contributed by atoms with E-state index in [1.54, 1.807) is 0 Å². The molecule has 3 saturated heterocycles. The summed E-state index contributed by atoms with van der Waals surface area (Å²) in [7, 11) is 0. The fourth-order valence-corrected chi connectivity index (χ4v) is 3.65. The lowest BCUT2D eigenvalue weighted by molar-refractivity contribution is -0.250. The average molecular weight is 350 g/mol. The van der Waals surface area contributed by atoms with E-state index in [1.807, 2.05) is 58.0 Å². The van der Waals surface area contributed by atoms with Crippen molar-refractivity contribution in [3.63, 3.8) is 0 Å². The van der Waals surface area contributed by atoms with Gasteiger partial charge in [0, 0.05) is 0 Å². The van der Waals surface area contributed by atoms with Crippen LogP contribution in [0.25, 0.3) is 0 Å². The van der Waals surface area contributed by atoms with E-state index in [2.05, 4.69) is 0 Å². The van der Waals surface area contributed by atoms with Crippen LogP contribution in [-0.4, -0.2) is 48.9 Å². The van der Waals surface area contributed by atoms with Gasteiger partial charge in [-0.05, 0) is 33.3 Å². The molecule has 6 nitrogen and oxygen atoms in total. The highest BCUT2D eigenvalue weighted by Gasteiger charge is 2.59. The highest BCUT2D eigenvalue weighted by molar-refractivity contribution is 5.13. The average Bonchev–Trinajstić information content (AvgIpc) is 3.17. The summed E-state index contributed by atoms with van der Waals surface area (Å²) in [5.41, 5.74) is 1.09. The summed E-state index contributed by atoms with van der Waals surface area (Å²) in [4.78, 5) is 0. The molecule has 0 saturated carbocycles. The lowest BCUT2D eigenvalue weighted by Gasteiger charge is -2.27. The minimum atomic E-state index is -0.666. The second-order valence-corrected chi connectivity index (χ2v) is 7.70. The van der Waals surface area contributed by atoms with Gasteiger partial charge in [-0.2, -0.15) is 0 Å². The monoisotopic (exact) mass is 350 g/mol. The van der Waals surface area contributed by atoms with E-state index in [4.69, 9.17) is 28.4 Å².